The van der Waals surface area contributed by atoms with Gasteiger partial charge in [-0.15, -0.1) is 11.8 Å². The molecule has 6 heteroatoms. The van der Waals surface area contributed by atoms with Gasteiger partial charge in [-0.25, -0.2) is 0 Å². The highest BCUT2D eigenvalue weighted by Crippen LogP contribution is 2.22. The summed E-state index contributed by atoms with van der Waals surface area (Å²) in [6.07, 6.45) is 0. The number of thioether (sulfide) groups is 1. The monoisotopic (exact) mass is 328 g/mol. The van der Waals surface area contributed by atoms with E-state index >= 15 is 0 Å². The Morgan fingerprint density at radius 2 is 1.70 bits per heavy atom. The van der Waals surface area contributed by atoms with E-state index in [2.05, 4.69) is 5.32 Å². The van der Waals surface area contributed by atoms with Gasteiger partial charge in [0.2, 0.25) is 5.91 Å². The van der Waals surface area contributed by atoms with Gasteiger partial charge in [0.05, 0.1) is 11.7 Å². The van der Waals surface area contributed by atoms with Crippen LogP contribution in [-0.2, 0) is 4.79 Å². The van der Waals surface area contributed by atoms with Crippen LogP contribution in [0.15, 0.2) is 53.4 Å². The molecule has 0 heterocycles. The summed E-state index contributed by atoms with van der Waals surface area (Å²) >= 11 is 1.12. The summed E-state index contributed by atoms with van der Waals surface area (Å²) in [6, 6.07) is 12.9. The number of carboxylic acid groups (broad SMARTS) is 1. The zero-order chi connectivity index (χ0) is 16.8. The Morgan fingerprint density at radius 3 is 2.30 bits per heavy atom. The van der Waals surface area contributed by atoms with E-state index in [9.17, 15) is 19.5 Å². The average molecular weight is 328 g/mol. The van der Waals surface area contributed by atoms with Crippen LogP contribution in [0.3, 0.4) is 0 Å². The van der Waals surface area contributed by atoms with Crippen molar-refractivity contribution < 1.29 is 19.5 Å². The molecule has 0 aliphatic rings. The van der Waals surface area contributed by atoms with E-state index in [0.29, 0.717) is 16.1 Å². The molecule has 1 N–H and O–H groups in total. The highest BCUT2D eigenvalue weighted by Gasteiger charge is 2.08. The molecule has 0 bridgehead atoms. The maximum atomic E-state index is 11.9. The Hall–Kier alpha value is -2.60. The number of ketones is 1. The fraction of sp³-hybridized carbons (Fsp3) is 0.118. The number of benzene rings is 2. The molecule has 2 aromatic carbocycles. The third-order valence-electron chi connectivity index (χ3n) is 3.04. The molecule has 0 aliphatic carbocycles. The van der Waals surface area contributed by atoms with Crippen LogP contribution in [0.4, 0.5) is 5.69 Å². The molecular weight excluding hydrogens is 314 g/mol. The van der Waals surface area contributed by atoms with Crippen molar-refractivity contribution in [2.45, 2.75) is 11.8 Å². The normalized spacial score (nSPS) is 10.1. The molecule has 1 amide bonds. The minimum atomic E-state index is -1.27. The highest BCUT2D eigenvalue weighted by atomic mass is 32.2. The highest BCUT2D eigenvalue weighted by molar-refractivity contribution is 8.00. The van der Waals surface area contributed by atoms with Crippen molar-refractivity contribution in [1.29, 1.82) is 0 Å². The van der Waals surface area contributed by atoms with Crippen molar-refractivity contribution >= 4 is 35.1 Å². The third kappa shape index (κ3) is 4.69. The molecule has 0 saturated heterocycles. The standard InChI is InChI=1S/C17H15NO4S/c1-11(19)12-6-8-13(9-7-12)18-16(20)10-23-15-5-3-2-4-14(15)17(21)22/h2-9H,10H2,1H3,(H,18,20)(H,21,22)/p-1. The van der Waals surface area contributed by atoms with Gasteiger partial charge in [-0.3, -0.25) is 9.59 Å². The van der Waals surface area contributed by atoms with E-state index in [1.54, 1.807) is 42.5 Å². The molecule has 2 rings (SSSR count). The number of hydrogen-bond donors (Lipinski definition) is 1. The maximum absolute atomic E-state index is 11.9. The lowest BCUT2D eigenvalue weighted by Crippen LogP contribution is -2.23. The van der Waals surface area contributed by atoms with Crippen LogP contribution < -0.4 is 10.4 Å². The topological polar surface area (TPSA) is 86.3 Å². The van der Waals surface area contributed by atoms with Gasteiger partial charge in [-0.2, -0.15) is 0 Å². The van der Waals surface area contributed by atoms with Gasteiger partial charge in [0.1, 0.15) is 0 Å². The van der Waals surface area contributed by atoms with Gasteiger partial charge in [0.25, 0.3) is 0 Å². The second-order valence-corrected chi connectivity index (χ2v) is 5.77. The molecule has 0 radical (unpaired) electrons. The summed E-state index contributed by atoms with van der Waals surface area (Å²) in [7, 11) is 0. The number of hydrogen-bond acceptors (Lipinski definition) is 5. The number of carboxylic acids is 1. The fourth-order valence-corrected chi connectivity index (χ4v) is 2.73. The van der Waals surface area contributed by atoms with Crippen LogP contribution in [0.25, 0.3) is 0 Å². The maximum Gasteiger partial charge on any atom is 0.234 e. The average Bonchev–Trinajstić information content (AvgIpc) is 2.53. The SMILES string of the molecule is CC(=O)c1ccc(NC(=O)CSc2ccccc2C(=O)[O-])cc1. The Kier molecular flexibility index (Phi) is 5.54. The van der Waals surface area contributed by atoms with Gasteiger partial charge in [-0.1, -0.05) is 18.2 Å². The first-order valence-electron chi connectivity index (χ1n) is 6.81. The molecule has 0 unspecified atom stereocenters. The summed E-state index contributed by atoms with van der Waals surface area (Å²) in [5, 5.41) is 13.7. The number of carbonyl (C=O) groups is 3. The summed E-state index contributed by atoms with van der Waals surface area (Å²) in [5.41, 5.74) is 1.21. The summed E-state index contributed by atoms with van der Waals surface area (Å²) in [4.78, 5) is 34.6. The number of anilines is 1. The molecule has 118 valence electrons. The second kappa shape index (κ2) is 7.60. The van der Waals surface area contributed by atoms with E-state index in [-0.39, 0.29) is 23.0 Å². The lowest BCUT2D eigenvalue weighted by atomic mass is 10.1. The number of aromatic carboxylic acids is 1. The van der Waals surface area contributed by atoms with Gasteiger partial charge in [0, 0.05) is 21.7 Å². The summed E-state index contributed by atoms with van der Waals surface area (Å²) in [6.45, 7) is 1.47. The largest absolute Gasteiger partial charge is 0.545 e. The number of Topliss-reactive ketones (excluding diaryl/α,β-unsaturated/α-hetero) is 1. The first-order valence-corrected chi connectivity index (χ1v) is 7.80. The van der Waals surface area contributed by atoms with E-state index in [0.717, 1.165) is 11.8 Å². The molecule has 0 aliphatic heterocycles. The van der Waals surface area contributed by atoms with Crippen LogP contribution >= 0.6 is 11.8 Å². The third-order valence-corrected chi connectivity index (χ3v) is 4.11. The van der Waals surface area contributed by atoms with Crippen LogP contribution in [0.5, 0.6) is 0 Å². The van der Waals surface area contributed by atoms with Crippen molar-refractivity contribution in [3.8, 4) is 0 Å². The zero-order valence-corrected chi connectivity index (χ0v) is 13.2. The minimum absolute atomic E-state index is 0.0441. The predicted octanol–water partition coefficient (Wildman–Crippen LogP) is 1.98. The first-order chi connectivity index (χ1) is 11.0. The Balaban J connectivity index is 1.95. The summed E-state index contributed by atoms with van der Waals surface area (Å²) in [5.74, 6) is -1.51. The quantitative estimate of drug-likeness (QED) is 0.647. The van der Waals surface area contributed by atoms with Gasteiger partial charge in [-0.05, 0) is 37.3 Å². The number of carbonyl (C=O) groups excluding carboxylic acids is 3. The molecule has 0 atom stereocenters. The lowest BCUT2D eigenvalue weighted by molar-refractivity contribution is -0.255. The van der Waals surface area contributed by atoms with Crippen LogP contribution in [0.2, 0.25) is 0 Å². The first kappa shape index (κ1) is 16.8. The smallest absolute Gasteiger partial charge is 0.234 e. The van der Waals surface area contributed by atoms with Crippen LogP contribution in [0.1, 0.15) is 27.6 Å². The van der Waals surface area contributed by atoms with E-state index in [1.807, 2.05) is 0 Å². The van der Waals surface area contributed by atoms with E-state index in [1.165, 1.54) is 13.0 Å². The second-order valence-electron chi connectivity index (χ2n) is 4.75. The molecule has 0 spiro atoms. The number of nitrogens with one attached hydrogen (secondary N) is 1. The Labute approximate surface area is 137 Å². The fourth-order valence-electron chi connectivity index (χ4n) is 1.89. The van der Waals surface area contributed by atoms with Gasteiger partial charge in [0.15, 0.2) is 5.78 Å². The molecule has 0 saturated carbocycles. The number of amides is 1. The van der Waals surface area contributed by atoms with Crippen LogP contribution in [0, 0.1) is 0 Å². The molecule has 0 aromatic heterocycles. The predicted molar refractivity (Wildman–Crippen MR) is 86.6 cm³/mol. The minimum Gasteiger partial charge on any atom is -0.545 e. The van der Waals surface area contributed by atoms with Crippen molar-refractivity contribution in [3.63, 3.8) is 0 Å². The van der Waals surface area contributed by atoms with Crippen molar-refractivity contribution in [2.24, 2.45) is 0 Å². The van der Waals surface area contributed by atoms with Crippen LogP contribution in [-0.4, -0.2) is 23.4 Å². The van der Waals surface area contributed by atoms with E-state index in [4.69, 9.17) is 0 Å². The van der Waals surface area contributed by atoms with Crippen molar-refractivity contribution in [2.75, 3.05) is 11.1 Å². The van der Waals surface area contributed by atoms with Crippen molar-refractivity contribution in [3.05, 3.63) is 59.7 Å². The van der Waals surface area contributed by atoms with Crippen molar-refractivity contribution in [1.82, 2.24) is 0 Å². The zero-order valence-electron chi connectivity index (χ0n) is 12.4. The van der Waals surface area contributed by atoms with E-state index < -0.39 is 5.97 Å². The molecule has 5 nitrogen and oxygen atoms in total. The molecule has 2 aromatic rings. The molecular formula is C17H14NO4S-. The Bertz CT molecular complexity index is 741. The molecule has 0 fully saturated rings. The Morgan fingerprint density at radius 1 is 1.04 bits per heavy atom. The number of rotatable bonds is 6. The summed E-state index contributed by atoms with van der Waals surface area (Å²) < 4.78 is 0. The van der Waals surface area contributed by atoms with Gasteiger partial charge >= 0.3 is 0 Å². The molecule has 23 heavy (non-hydrogen) atoms. The lowest BCUT2D eigenvalue weighted by Gasteiger charge is -2.10. The van der Waals surface area contributed by atoms with Gasteiger partial charge < -0.3 is 15.2 Å².